The third kappa shape index (κ3) is 19.5. The molecule has 548 valence electrons. The molecule has 0 radical (unpaired) electrons. The fourth-order valence-electron chi connectivity index (χ4n) is 11.1. The van der Waals surface area contributed by atoms with Crippen molar-refractivity contribution in [2.24, 2.45) is 0 Å². The minimum Gasteiger partial charge on any atom is -0.394 e. The lowest BCUT2D eigenvalue weighted by Crippen LogP contribution is -2.71. The first-order chi connectivity index (χ1) is 43.9. The van der Waals surface area contributed by atoms with Crippen molar-refractivity contribution < 1.29 is 197 Å². The average Bonchev–Trinajstić information content (AvgIpc) is 0.778. The summed E-state index contributed by atoms with van der Waals surface area (Å²) in [5.74, 6) is -2.90. The monoisotopic (exact) mass is 1420 g/mol. The Morgan fingerprint density at radius 3 is 1.40 bits per heavy atom. The van der Waals surface area contributed by atoms with E-state index in [1.807, 2.05) is 0 Å². The maximum absolute atomic E-state index is 13.0. The van der Waals surface area contributed by atoms with Crippen molar-refractivity contribution in [1.82, 2.24) is 16.0 Å². The number of hydrogen-bond acceptors (Lipinski definition) is 39. The first-order valence-electron chi connectivity index (χ1n) is 28.7. The highest BCUT2D eigenvalue weighted by atomic mass is 32.3. The molecule has 6 saturated heterocycles. The third-order valence-electron chi connectivity index (χ3n) is 15.8. The van der Waals surface area contributed by atoms with Crippen molar-refractivity contribution in [2.45, 2.75) is 236 Å². The molecule has 6 rings (SSSR count). The van der Waals surface area contributed by atoms with Gasteiger partial charge < -0.3 is 165 Å². The first kappa shape index (κ1) is 79.9. The van der Waals surface area contributed by atoms with E-state index < -0.39 is 293 Å². The van der Waals surface area contributed by atoms with Crippen LogP contribution in [0.4, 0.5) is 0 Å². The molecule has 34 atom stereocenters. The quantitative estimate of drug-likeness (QED) is 0.0309. The zero-order chi connectivity index (χ0) is 70.3. The van der Waals surface area contributed by atoms with Crippen LogP contribution in [0.2, 0.25) is 0 Å². The molecule has 94 heavy (non-hydrogen) atoms. The van der Waals surface area contributed by atoms with E-state index in [9.17, 15) is 132 Å². The summed E-state index contributed by atoms with van der Waals surface area (Å²) in [6.07, 6.45) is -66.9. The Bertz CT molecular complexity index is 2650. The molecule has 3 amide bonds. The van der Waals surface area contributed by atoms with E-state index in [2.05, 4.69) is 24.3 Å². The van der Waals surface area contributed by atoms with Crippen LogP contribution in [0, 0.1) is 0 Å². The largest absolute Gasteiger partial charge is 0.397 e. The Morgan fingerprint density at radius 2 is 0.883 bits per heavy atom. The number of aliphatic hydroxyl groups excluding tert-OH is 18. The maximum Gasteiger partial charge on any atom is 0.397 e. The topological polar surface area (TPSA) is 689 Å². The van der Waals surface area contributed by atoms with Crippen LogP contribution in [-0.4, -0.2) is 390 Å². The number of hydrogen-bond donors (Lipinski definition) is 23. The molecule has 44 nitrogen and oxygen atoms in total. The van der Waals surface area contributed by atoms with Crippen molar-refractivity contribution in [3.05, 3.63) is 0 Å². The molecule has 23 N–H and O–H groups in total. The van der Waals surface area contributed by atoms with Gasteiger partial charge in [-0.1, -0.05) is 0 Å². The van der Waals surface area contributed by atoms with E-state index in [0.29, 0.717) is 0 Å². The van der Waals surface area contributed by atoms with Gasteiger partial charge in [0, 0.05) is 20.8 Å². The Hall–Kier alpha value is -3.05. The molecule has 6 aliphatic heterocycles. The standard InChI is InChI=1S/C48H83N3O41S2/c1-12-25(62)32(69)34(71)45(80-12)90-42-40(89-44-24(51-15(4)60)38(28(65)19(7-54)81-44)88-47-41(92-94(76,77)78)33(70)27(64)18(6-53)83-47)30(67)21(9-56)84-48(42)87-37-22(10-57)85-43(23(31(37)68)50-14(3)59)79-11-17(61)26(63)36(16(5-52)49-13(2)58)86-46-35(72)39(91-93(73,74)75)29(66)20(8-55)82-46/h12,16-48,52-57,61-72H,5-11H2,1-4H3,(H,49,58)(H,50,59)(H,51,60)(H,73,74,75)(H,76,77,78)/t12-,16-,17+,18+,19+,20+,21+,22+,23+,24+,25+,26-,27-,28+,29-,30-,31+,32+,33-,34-,35+,36+,37+,38+,39-,40-,41+,42+,43+,44-,45-,46-,47-,48-/m0/s1. The van der Waals surface area contributed by atoms with Gasteiger partial charge in [-0.3, -0.25) is 23.5 Å². The second-order valence-corrected chi connectivity index (χ2v) is 24.7. The summed E-state index contributed by atoms with van der Waals surface area (Å²) in [7, 11) is -11.0. The molecule has 0 bridgehead atoms. The van der Waals surface area contributed by atoms with Crippen LogP contribution >= 0.6 is 0 Å². The smallest absolute Gasteiger partial charge is 0.394 e. The van der Waals surface area contributed by atoms with Gasteiger partial charge in [0.25, 0.3) is 0 Å². The van der Waals surface area contributed by atoms with Gasteiger partial charge in [-0.05, 0) is 6.92 Å². The van der Waals surface area contributed by atoms with Gasteiger partial charge in [-0.2, -0.15) is 16.8 Å². The summed E-state index contributed by atoms with van der Waals surface area (Å²) >= 11 is 0. The first-order valence-corrected chi connectivity index (χ1v) is 31.4. The van der Waals surface area contributed by atoms with E-state index in [1.54, 1.807) is 0 Å². The molecule has 0 spiro atoms. The number of carbonyl (C=O) groups is 3. The van der Waals surface area contributed by atoms with Crippen LogP contribution in [0.25, 0.3) is 0 Å². The number of aliphatic hydroxyl groups is 18. The van der Waals surface area contributed by atoms with E-state index in [1.165, 1.54) is 6.92 Å². The van der Waals surface area contributed by atoms with Gasteiger partial charge in [-0.25, -0.2) is 8.37 Å². The van der Waals surface area contributed by atoms with Gasteiger partial charge >= 0.3 is 20.8 Å². The minimum absolute atomic E-state index is 0.889. The highest BCUT2D eigenvalue weighted by Crippen LogP contribution is 2.39. The highest BCUT2D eigenvalue weighted by Gasteiger charge is 2.59. The van der Waals surface area contributed by atoms with Crippen LogP contribution in [0.5, 0.6) is 0 Å². The molecule has 46 heteroatoms. The van der Waals surface area contributed by atoms with Gasteiger partial charge in [0.2, 0.25) is 17.7 Å². The average molecular weight is 1420 g/mol. The maximum atomic E-state index is 13.0. The van der Waals surface area contributed by atoms with Crippen LogP contribution in [-0.2, 0) is 100 Å². The zero-order valence-corrected chi connectivity index (χ0v) is 51.5. The normalized spacial score (nSPS) is 43.0. The van der Waals surface area contributed by atoms with Crippen LogP contribution in [0.15, 0.2) is 0 Å². The summed E-state index contributed by atoms with van der Waals surface area (Å²) in [6, 6.07) is -5.76. The van der Waals surface area contributed by atoms with Crippen LogP contribution in [0.1, 0.15) is 27.7 Å². The SMILES string of the molecule is CC(=O)N[C@H]1[C@H](OC[C@@H](O)[C@H](O)[C@H](O[C@@H]2O[C@H](CO)[C@H](O)[C@H](OS(=O)(=O)O)[C@H]2O)[C@H](CO)NC(C)=O)O[C@H](CO)[C@@H](O[C@@H]2O[C@H](CO)[C@H](O)[C@H](O[C@@H]3O[C@H](CO)[C@@H](O)[C@H](O[C@@H]4O[C@H](CO)[C@H](O)[C@H](O)[C@H]4OS(=O)(=O)O)[C@H]3NC(C)=O)[C@H]2O[C@@H]2O[C@@H](C)[C@@H](O)[C@@H](O)[C@@H]2O)[C@@H]1O. The summed E-state index contributed by atoms with van der Waals surface area (Å²) < 4.78 is 145. The number of nitrogens with one attached hydrogen (secondary N) is 3. The van der Waals surface area contributed by atoms with E-state index in [0.717, 1.165) is 20.8 Å². The highest BCUT2D eigenvalue weighted by molar-refractivity contribution is 7.81. The fourth-order valence-corrected chi connectivity index (χ4v) is 12.1. The molecule has 0 aromatic carbocycles. The van der Waals surface area contributed by atoms with Crippen LogP contribution in [0.3, 0.4) is 0 Å². The van der Waals surface area contributed by atoms with Crippen molar-refractivity contribution in [2.75, 3.05) is 46.2 Å². The predicted octanol–water partition coefficient (Wildman–Crippen LogP) is -15.5. The fraction of sp³-hybridized carbons (Fsp3) is 0.938. The van der Waals surface area contributed by atoms with Crippen molar-refractivity contribution in [3.8, 4) is 0 Å². The Balaban J connectivity index is 1.34. The summed E-state index contributed by atoms with van der Waals surface area (Å²) in [4.78, 5) is 38.1. The van der Waals surface area contributed by atoms with Crippen molar-refractivity contribution >= 4 is 38.5 Å². The van der Waals surface area contributed by atoms with Gasteiger partial charge in [-0.15, -0.1) is 0 Å². The number of amides is 3. The van der Waals surface area contributed by atoms with E-state index >= 15 is 0 Å². The molecule has 6 aliphatic rings. The lowest BCUT2D eigenvalue weighted by Gasteiger charge is -2.52. The molecule has 0 aromatic rings. The molecule has 6 heterocycles. The molecular formula is C48H83N3O41S2. The molecular weight excluding hydrogens is 1340 g/mol. The second-order valence-electron chi connectivity index (χ2n) is 22.6. The van der Waals surface area contributed by atoms with Gasteiger partial charge in [0.1, 0.15) is 152 Å². The summed E-state index contributed by atoms with van der Waals surface area (Å²) in [5.41, 5.74) is 0. The molecule has 0 saturated carbocycles. The van der Waals surface area contributed by atoms with E-state index in [-0.39, 0.29) is 0 Å². The third-order valence-corrected chi connectivity index (χ3v) is 16.7. The molecule has 0 aliphatic carbocycles. The molecule has 0 aromatic heterocycles. The number of rotatable bonds is 29. The van der Waals surface area contributed by atoms with Gasteiger partial charge in [0.05, 0.1) is 58.4 Å². The minimum atomic E-state index is -5.58. The van der Waals surface area contributed by atoms with Gasteiger partial charge in [0.15, 0.2) is 43.8 Å². The predicted molar refractivity (Wildman–Crippen MR) is 288 cm³/mol. The summed E-state index contributed by atoms with van der Waals surface area (Å²) in [5, 5.41) is 204. The lowest BCUT2D eigenvalue weighted by molar-refractivity contribution is -0.401. The summed E-state index contributed by atoms with van der Waals surface area (Å²) in [6.45, 7) is -4.24. The van der Waals surface area contributed by atoms with Crippen molar-refractivity contribution in [1.29, 1.82) is 0 Å². The zero-order valence-electron chi connectivity index (χ0n) is 49.9. The van der Waals surface area contributed by atoms with Crippen molar-refractivity contribution in [3.63, 3.8) is 0 Å². The van der Waals surface area contributed by atoms with E-state index in [4.69, 9.17) is 56.8 Å². The second kappa shape index (κ2) is 34.3. The Kier molecular flexibility index (Phi) is 29.2. The lowest BCUT2D eigenvalue weighted by atomic mass is 9.93. The number of carbonyl (C=O) groups excluding carboxylic acids is 3. The Morgan fingerprint density at radius 1 is 0.436 bits per heavy atom. The van der Waals surface area contributed by atoms with Crippen LogP contribution < -0.4 is 16.0 Å². The number of ether oxygens (including phenoxy) is 12. The molecule has 6 fully saturated rings. The molecule has 0 unspecified atom stereocenters. The Labute approximate surface area is 533 Å².